The smallest absolute Gasteiger partial charge is 0.204 e. The Balaban J connectivity index is 1.83. The first-order valence-corrected chi connectivity index (χ1v) is 8.62. The van der Waals surface area contributed by atoms with E-state index in [-0.39, 0.29) is 0 Å². The summed E-state index contributed by atoms with van der Waals surface area (Å²) in [6.45, 7) is 2.97. The van der Waals surface area contributed by atoms with E-state index in [4.69, 9.17) is 17.3 Å². The van der Waals surface area contributed by atoms with Gasteiger partial charge in [0.2, 0.25) is 4.77 Å². The Labute approximate surface area is 146 Å². The van der Waals surface area contributed by atoms with Gasteiger partial charge in [0.05, 0.1) is 6.67 Å². The van der Waals surface area contributed by atoms with Gasteiger partial charge in [0.25, 0.3) is 0 Å². The zero-order valence-corrected chi connectivity index (χ0v) is 14.2. The molecule has 4 rings (SSSR count). The van der Waals surface area contributed by atoms with E-state index < -0.39 is 0 Å². The van der Waals surface area contributed by atoms with E-state index in [0.717, 1.165) is 36.8 Å². The molecule has 0 radical (unpaired) electrons. The van der Waals surface area contributed by atoms with Crippen molar-refractivity contribution in [2.75, 3.05) is 13.1 Å². The molecule has 122 valence electrons. The minimum atomic E-state index is 0.715. The van der Waals surface area contributed by atoms with Crippen LogP contribution in [0.5, 0.6) is 0 Å². The molecule has 0 spiro atoms. The summed E-state index contributed by atoms with van der Waals surface area (Å²) >= 11 is 5.75. The fourth-order valence-corrected chi connectivity index (χ4v) is 3.40. The van der Waals surface area contributed by atoms with Crippen LogP contribution in [0, 0.1) is 4.77 Å². The summed E-state index contributed by atoms with van der Waals surface area (Å²) in [5, 5.41) is 4.81. The molecule has 0 amide bonds. The molecule has 1 saturated heterocycles. The summed E-state index contributed by atoms with van der Waals surface area (Å²) in [5.74, 6) is 0.832. The minimum Gasteiger partial charge on any atom is -0.284 e. The van der Waals surface area contributed by atoms with Gasteiger partial charge in [-0.25, -0.2) is 4.68 Å². The van der Waals surface area contributed by atoms with Gasteiger partial charge in [-0.1, -0.05) is 18.2 Å². The Morgan fingerprint density at radius 3 is 2.50 bits per heavy atom. The lowest BCUT2D eigenvalue weighted by Gasteiger charge is -2.13. The Kier molecular flexibility index (Phi) is 4.23. The number of likely N-dealkylation sites (tertiary alicyclic amines) is 1. The van der Waals surface area contributed by atoms with E-state index in [2.05, 4.69) is 22.0 Å². The van der Waals surface area contributed by atoms with Crippen molar-refractivity contribution < 1.29 is 0 Å². The summed E-state index contributed by atoms with van der Waals surface area (Å²) in [6.07, 6.45) is 6.10. The highest BCUT2D eigenvalue weighted by atomic mass is 32.1. The fraction of sp³-hybridized carbons (Fsp3) is 0.278. The minimum absolute atomic E-state index is 0.715. The van der Waals surface area contributed by atoms with Gasteiger partial charge < -0.3 is 0 Å². The molecule has 0 bridgehead atoms. The largest absolute Gasteiger partial charge is 0.284 e. The van der Waals surface area contributed by atoms with Crippen molar-refractivity contribution in [3.63, 3.8) is 0 Å². The molecule has 0 N–H and O–H groups in total. The van der Waals surface area contributed by atoms with E-state index in [1.807, 2.05) is 45.8 Å². The third-order valence-corrected chi connectivity index (χ3v) is 4.70. The number of aromatic nitrogens is 4. The van der Waals surface area contributed by atoms with E-state index >= 15 is 0 Å². The SMILES string of the molecule is S=c1n(CN2CCCC2)nc(-c2cccnc2)n1-c1ccccc1. The molecule has 0 saturated carbocycles. The average molecular weight is 337 g/mol. The molecule has 1 aliphatic heterocycles. The number of nitrogens with zero attached hydrogens (tertiary/aromatic N) is 5. The summed E-state index contributed by atoms with van der Waals surface area (Å²) in [4.78, 5) is 6.63. The maximum Gasteiger partial charge on any atom is 0.204 e. The number of para-hydroxylation sites is 1. The Hall–Kier alpha value is -2.31. The molecule has 0 unspecified atom stereocenters. The first kappa shape index (κ1) is 15.2. The molecular formula is C18H19N5S. The molecule has 2 aromatic heterocycles. The second-order valence-corrected chi connectivity index (χ2v) is 6.35. The molecule has 5 nitrogen and oxygen atoms in total. The summed E-state index contributed by atoms with van der Waals surface area (Å²) < 4.78 is 4.67. The van der Waals surface area contributed by atoms with Crippen LogP contribution in [0.4, 0.5) is 0 Å². The zero-order chi connectivity index (χ0) is 16.4. The van der Waals surface area contributed by atoms with Crippen molar-refractivity contribution >= 4 is 12.2 Å². The van der Waals surface area contributed by atoms with Gasteiger partial charge in [-0.15, -0.1) is 5.10 Å². The van der Waals surface area contributed by atoms with E-state index in [1.54, 1.807) is 6.20 Å². The van der Waals surface area contributed by atoms with Crippen LogP contribution < -0.4 is 0 Å². The molecular weight excluding hydrogens is 318 g/mol. The average Bonchev–Trinajstić information content (AvgIpc) is 3.25. The molecule has 0 aliphatic carbocycles. The number of rotatable bonds is 4. The van der Waals surface area contributed by atoms with Crippen molar-refractivity contribution in [3.8, 4) is 17.1 Å². The number of hydrogen-bond acceptors (Lipinski definition) is 4. The molecule has 3 heterocycles. The summed E-state index contributed by atoms with van der Waals surface area (Å²) in [5.41, 5.74) is 1.99. The topological polar surface area (TPSA) is 38.9 Å². The second kappa shape index (κ2) is 6.67. The van der Waals surface area contributed by atoms with Gasteiger partial charge in [-0.05, 0) is 62.4 Å². The normalized spacial score (nSPS) is 15.0. The third-order valence-electron chi connectivity index (χ3n) is 4.31. The van der Waals surface area contributed by atoms with Crippen molar-refractivity contribution in [1.29, 1.82) is 0 Å². The number of pyridine rings is 1. The maximum absolute atomic E-state index is 5.75. The second-order valence-electron chi connectivity index (χ2n) is 5.98. The van der Waals surface area contributed by atoms with Gasteiger partial charge in [0.1, 0.15) is 0 Å². The van der Waals surface area contributed by atoms with Crippen LogP contribution in [0.3, 0.4) is 0 Å². The zero-order valence-electron chi connectivity index (χ0n) is 13.4. The van der Waals surface area contributed by atoms with Crippen LogP contribution in [-0.4, -0.2) is 37.3 Å². The lowest BCUT2D eigenvalue weighted by atomic mass is 10.2. The Morgan fingerprint density at radius 2 is 1.79 bits per heavy atom. The van der Waals surface area contributed by atoms with Crippen LogP contribution in [0.15, 0.2) is 54.9 Å². The molecule has 0 atom stereocenters. The van der Waals surface area contributed by atoms with Crippen molar-refractivity contribution in [3.05, 3.63) is 59.6 Å². The van der Waals surface area contributed by atoms with Crippen molar-refractivity contribution in [2.45, 2.75) is 19.5 Å². The molecule has 3 aromatic rings. The van der Waals surface area contributed by atoms with Gasteiger partial charge in [-0.3, -0.25) is 14.5 Å². The molecule has 1 aromatic carbocycles. The van der Waals surface area contributed by atoms with Crippen LogP contribution >= 0.6 is 12.2 Å². The van der Waals surface area contributed by atoms with E-state index in [9.17, 15) is 0 Å². The molecule has 24 heavy (non-hydrogen) atoms. The highest BCUT2D eigenvalue weighted by Gasteiger charge is 2.18. The van der Waals surface area contributed by atoms with Gasteiger partial charge >= 0.3 is 0 Å². The van der Waals surface area contributed by atoms with Gasteiger partial charge in [-0.2, -0.15) is 0 Å². The van der Waals surface area contributed by atoms with Crippen molar-refractivity contribution in [2.24, 2.45) is 0 Å². The fourth-order valence-electron chi connectivity index (χ4n) is 3.11. The lowest BCUT2D eigenvalue weighted by molar-refractivity contribution is 0.253. The molecule has 6 heteroatoms. The van der Waals surface area contributed by atoms with Crippen LogP contribution in [0.25, 0.3) is 17.1 Å². The number of hydrogen-bond donors (Lipinski definition) is 0. The van der Waals surface area contributed by atoms with Gasteiger partial charge in [0.15, 0.2) is 5.82 Å². The van der Waals surface area contributed by atoms with Crippen LogP contribution in [0.1, 0.15) is 12.8 Å². The highest BCUT2D eigenvalue weighted by Crippen LogP contribution is 2.22. The summed E-state index contributed by atoms with van der Waals surface area (Å²) in [6, 6.07) is 14.1. The lowest BCUT2D eigenvalue weighted by Crippen LogP contribution is -2.23. The van der Waals surface area contributed by atoms with Crippen LogP contribution in [-0.2, 0) is 6.67 Å². The third kappa shape index (κ3) is 2.90. The highest BCUT2D eigenvalue weighted by molar-refractivity contribution is 7.71. The quantitative estimate of drug-likeness (QED) is 0.683. The predicted molar refractivity (Wildman–Crippen MR) is 96.4 cm³/mol. The Bertz CT molecular complexity index is 863. The number of benzene rings is 1. The summed E-state index contributed by atoms with van der Waals surface area (Å²) in [7, 11) is 0. The molecule has 1 aliphatic rings. The van der Waals surface area contributed by atoms with Gasteiger partial charge in [0, 0.05) is 23.6 Å². The van der Waals surface area contributed by atoms with E-state index in [0.29, 0.717) is 4.77 Å². The maximum atomic E-state index is 5.75. The van der Waals surface area contributed by atoms with Crippen molar-refractivity contribution in [1.82, 2.24) is 24.2 Å². The Morgan fingerprint density at radius 1 is 1.00 bits per heavy atom. The standard InChI is InChI=1S/C18H19N5S/c24-18-22(14-21-11-4-5-12-21)20-17(15-7-6-10-19-13-15)23(18)16-8-2-1-3-9-16/h1-3,6-10,13H,4-5,11-12,14H2. The van der Waals surface area contributed by atoms with Crippen LogP contribution in [0.2, 0.25) is 0 Å². The molecule has 1 fully saturated rings. The monoisotopic (exact) mass is 337 g/mol. The first-order chi connectivity index (χ1) is 11.8. The predicted octanol–water partition coefficient (Wildman–Crippen LogP) is 3.52. The van der Waals surface area contributed by atoms with E-state index in [1.165, 1.54) is 12.8 Å². The first-order valence-electron chi connectivity index (χ1n) is 8.21.